The van der Waals surface area contributed by atoms with Crippen LogP contribution >= 0.6 is 0 Å². The molecule has 0 aliphatic rings. The summed E-state index contributed by atoms with van der Waals surface area (Å²) in [6, 6.07) is 10.9. The van der Waals surface area contributed by atoms with E-state index in [4.69, 9.17) is 4.74 Å². The molecule has 3 rings (SSSR count). The number of halogens is 4. The van der Waals surface area contributed by atoms with Gasteiger partial charge in [0.05, 0.1) is 22.5 Å². The van der Waals surface area contributed by atoms with Crippen molar-refractivity contribution in [1.82, 2.24) is 9.78 Å². The minimum atomic E-state index is -4.49. The molecule has 0 saturated heterocycles. The Labute approximate surface area is 158 Å². The van der Waals surface area contributed by atoms with Gasteiger partial charge in [-0.15, -0.1) is 0 Å². The highest BCUT2D eigenvalue weighted by atomic mass is 19.4. The molecule has 0 bridgehead atoms. The average molecular weight is 392 g/mol. The van der Waals surface area contributed by atoms with Gasteiger partial charge in [0.2, 0.25) is 5.88 Å². The predicted molar refractivity (Wildman–Crippen MR) is 93.9 cm³/mol. The van der Waals surface area contributed by atoms with E-state index in [1.165, 1.54) is 22.9 Å². The van der Waals surface area contributed by atoms with E-state index in [1.807, 2.05) is 6.92 Å². The van der Waals surface area contributed by atoms with Gasteiger partial charge in [0.1, 0.15) is 5.82 Å². The predicted octanol–water partition coefficient (Wildman–Crippen LogP) is 5.20. The van der Waals surface area contributed by atoms with Crippen molar-refractivity contribution in [2.45, 2.75) is 25.9 Å². The molecule has 28 heavy (non-hydrogen) atoms. The molecule has 0 spiro atoms. The lowest BCUT2D eigenvalue weighted by Crippen LogP contribution is -2.12. The number of aromatic nitrogens is 2. The van der Waals surface area contributed by atoms with Crippen LogP contribution in [0.4, 0.5) is 17.6 Å². The van der Waals surface area contributed by atoms with Gasteiger partial charge in [-0.2, -0.15) is 18.3 Å². The Kier molecular flexibility index (Phi) is 5.48. The number of benzene rings is 2. The summed E-state index contributed by atoms with van der Waals surface area (Å²) in [5.74, 6) is -1.27. The molecule has 1 aromatic heterocycles. The van der Waals surface area contributed by atoms with Crippen molar-refractivity contribution in [2.75, 3.05) is 0 Å². The molecule has 3 aromatic rings. The number of hydrogen-bond acceptors (Lipinski definition) is 3. The second-order valence-electron chi connectivity index (χ2n) is 6.08. The van der Waals surface area contributed by atoms with E-state index in [0.717, 1.165) is 30.7 Å². The molecule has 0 radical (unpaired) electrons. The molecule has 0 amide bonds. The molecule has 146 valence electrons. The lowest BCUT2D eigenvalue weighted by Gasteiger charge is -2.09. The highest BCUT2D eigenvalue weighted by Gasteiger charge is 2.30. The second kappa shape index (κ2) is 7.84. The van der Waals surface area contributed by atoms with Crippen LogP contribution in [0.1, 0.15) is 35.0 Å². The van der Waals surface area contributed by atoms with Crippen LogP contribution in [0.2, 0.25) is 0 Å². The Hall–Kier alpha value is -3.16. The van der Waals surface area contributed by atoms with Crippen LogP contribution in [0.3, 0.4) is 0 Å². The molecule has 8 heteroatoms. The fraction of sp³-hybridized carbons (Fsp3) is 0.200. The Morgan fingerprint density at radius 3 is 2.43 bits per heavy atom. The normalized spacial score (nSPS) is 11.5. The lowest BCUT2D eigenvalue weighted by atomic mass is 10.1. The van der Waals surface area contributed by atoms with Crippen molar-refractivity contribution < 1.29 is 27.1 Å². The number of hydrogen-bond donors (Lipinski definition) is 0. The Balaban J connectivity index is 1.89. The van der Waals surface area contributed by atoms with Crippen LogP contribution in [0, 0.1) is 5.82 Å². The first-order valence-corrected chi connectivity index (χ1v) is 8.52. The molecule has 0 N–H and O–H groups in total. The third kappa shape index (κ3) is 4.39. The van der Waals surface area contributed by atoms with Gasteiger partial charge in [-0.05, 0) is 48.9 Å². The van der Waals surface area contributed by atoms with E-state index in [1.54, 1.807) is 12.1 Å². The lowest BCUT2D eigenvalue weighted by molar-refractivity contribution is -0.137. The molecule has 0 saturated carbocycles. The van der Waals surface area contributed by atoms with Gasteiger partial charge in [0, 0.05) is 6.07 Å². The number of aryl methyl sites for hydroxylation is 1. The van der Waals surface area contributed by atoms with Crippen molar-refractivity contribution in [2.24, 2.45) is 0 Å². The van der Waals surface area contributed by atoms with Crippen molar-refractivity contribution >= 4 is 5.97 Å². The standard InChI is InChI=1S/C20H16F4N2O2/c1-2-4-16-12-18(26(25-16)17-6-3-5-15(21)11-17)28-19(27)13-7-9-14(10-8-13)20(22,23)24/h3,5-12H,2,4H2,1H3. The van der Waals surface area contributed by atoms with E-state index >= 15 is 0 Å². The highest BCUT2D eigenvalue weighted by Crippen LogP contribution is 2.29. The van der Waals surface area contributed by atoms with Crippen LogP contribution in [0.25, 0.3) is 5.69 Å². The zero-order chi connectivity index (χ0) is 20.3. The SMILES string of the molecule is CCCc1cc(OC(=O)c2ccc(C(F)(F)F)cc2)n(-c2cccc(F)c2)n1. The van der Waals surface area contributed by atoms with E-state index < -0.39 is 23.5 Å². The van der Waals surface area contributed by atoms with E-state index in [-0.39, 0.29) is 11.4 Å². The molecule has 0 aliphatic heterocycles. The first kappa shape index (κ1) is 19.6. The molecule has 0 aliphatic carbocycles. The Bertz CT molecular complexity index is 979. The number of ether oxygens (including phenoxy) is 1. The zero-order valence-corrected chi connectivity index (χ0v) is 14.8. The summed E-state index contributed by atoms with van der Waals surface area (Å²) in [6.07, 6.45) is -3.08. The fourth-order valence-corrected chi connectivity index (χ4v) is 2.60. The van der Waals surface area contributed by atoms with Crippen LogP contribution in [-0.2, 0) is 12.6 Å². The fourth-order valence-electron chi connectivity index (χ4n) is 2.60. The Morgan fingerprint density at radius 2 is 1.82 bits per heavy atom. The van der Waals surface area contributed by atoms with Gasteiger partial charge in [-0.25, -0.2) is 13.9 Å². The van der Waals surface area contributed by atoms with Gasteiger partial charge in [0.15, 0.2) is 0 Å². The maximum Gasteiger partial charge on any atom is 0.416 e. The van der Waals surface area contributed by atoms with Crippen LogP contribution in [0.5, 0.6) is 5.88 Å². The number of carbonyl (C=O) groups is 1. The van der Waals surface area contributed by atoms with Crippen LogP contribution < -0.4 is 4.74 Å². The average Bonchev–Trinajstić information content (AvgIpc) is 3.04. The summed E-state index contributed by atoms with van der Waals surface area (Å²) in [7, 11) is 0. The molecule has 0 fully saturated rings. The maximum atomic E-state index is 13.6. The summed E-state index contributed by atoms with van der Waals surface area (Å²) in [5, 5.41) is 4.33. The van der Waals surface area contributed by atoms with E-state index in [0.29, 0.717) is 17.8 Å². The highest BCUT2D eigenvalue weighted by molar-refractivity contribution is 5.91. The van der Waals surface area contributed by atoms with Gasteiger partial charge in [-0.3, -0.25) is 0 Å². The van der Waals surface area contributed by atoms with E-state index in [2.05, 4.69) is 5.10 Å². The number of esters is 1. The minimum Gasteiger partial charge on any atom is -0.404 e. The second-order valence-corrected chi connectivity index (χ2v) is 6.08. The first-order valence-electron chi connectivity index (χ1n) is 8.52. The molecule has 4 nitrogen and oxygen atoms in total. The summed E-state index contributed by atoms with van der Waals surface area (Å²) in [4.78, 5) is 12.4. The van der Waals surface area contributed by atoms with Crippen molar-refractivity contribution in [3.63, 3.8) is 0 Å². The van der Waals surface area contributed by atoms with Crippen LogP contribution in [-0.4, -0.2) is 15.7 Å². The van der Waals surface area contributed by atoms with Crippen molar-refractivity contribution in [3.8, 4) is 11.6 Å². The smallest absolute Gasteiger partial charge is 0.404 e. The monoisotopic (exact) mass is 392 g/mol. The summed E-state index contributed by atoms with van der Waals surface area (Å²) >= 11 is 0. The van der Waals surface area contributed by atoms with Gasteiger partial charge in [0.25, 0.3) is 0 Å². The number of nitrogens with zero attached hydrogens (tertiary/aromatic N) is 2. The van der Waals surface area contributed by atoms with Crippen LogP contribution in [0.15, 0.2) is 54.6 Å². The minimum absolute atomic E-state index is 0.0444. The molecular formula is C20H16F4N2O2. The molecule has 0 atom stereocenters. The Morgan fingerprint density at radius 1 is 1.11 bits per heavy atom. The largest absolute Gasteiger partial charge is 0.416 e. The topological polar surface area (TPSA) is 44.1 Å². The maximum absolute atomic E-state index is 13.6. The summed E-state index contributed by atoms with van der Waals surface area (Å²) in [6.45, 7) is 1.95. The van der Waals surface area contributed by atoms with Crippen molar-refractivity contribution in [1.29, 1.82) is 0 Å². The molecular weight excluding hydrogens is 376 g/mol. The number of rotatable bonds is 5. The third-order valence-electron chi connectivity index (χ3n) is 3.93. The van der Waals surface area contributed by atoms with Gasteiger partial charge < -0.3 is 4.74 Å². The molecule has 0 unspecified atom stereocenters. The van der Waals surface area contributed by atoms with Crippen molar-refractivity contribution in [3.05, 3.63) is 77.2 Å². The van der Waals surface area contributed by atoms with Gasteiger partial charge in [-0.1, -0.05) is 19.4 Å². The van der Waals surface area contributed by atoms with E-state index in [9.17, 15) is 22.4 Å². The number of alkyl halides is 3. The van der Waals surface area contributed by atoms with Gasteiger partial charge >= 0.3 is 12.1 Å². The summed E-state index contributed by atoms with van der Waals surface area (Å²) < 4.78 is 58.2. The molecule has 2 aromatic carbocycles. The third-order valence-corrected chi connectivity index (χ3v) is 3.93. The number of carbonyl (C=O) groups excluding carboxylic acids is 1. The quantitative estimate of drug-likeness (QED) is 0.443. The summed E-state index contributed by atoms with van der Waals surface area (Å²) in [5.41, 5.74) is 0.0932. The first-order chi connectivity index (χ1) is 13.3. The zero-order valence-electron chi connectivity index (χ0n) is 14.8. The molecule has 1 heterocycles.